The number of aryl methyl sites for hydroxylation is 1. The number of amides is 1. The number of halogens is 1. The zero-order valence-corrected chi connectivity index (χ0v) is 16.7. The van der Waals surface area contributed by atoms with Crippen molar-refractivity contribution in [3.05, 3.63) is 63.4 Å². The van der Waals surface area contributed by atoms with Crippen molar-refractivity contribution < 1.29 is 4.79 Å². The number of carbonyl (C=O) groups excluding carboxylic acids is 1. The van der Waals surface area contributed by atoms with Crippen LogP contribution >= 0.6 is 22.6 Å². The standard InChI is InChI=1S/C20H19IN4O/c1-14-19(23-18-9-5-4-8-17(18)22-14)24-10-12-25(13-11-24)20(26)15-6-2-3-7-16(15)21/h2-9H,10-13H2,1H3. The molecule has 5 nitrogen and oxygen atoms in total. The fourth-order valence-corrected chi connectivity index (χ4v) is 3.92. The molecule has 26 heavy (non-hydrogen) atoms. The Hall–Kier alpha value is -2.22. The van der Waals surface area contributed by atoms with Gasteiger partial charge >= 0.3 is 0 Å². The van der Waals surface area contributed by atoms with E-state index in [1.54, 1.807) is 0 Å². The number of rotatable bonds is 2. The molecule has 0 bridgehead atoms. The van der Waals surface area contributed by atoms with Crippen LogP contribution in [0.4, 0.5) is 5.82 Å². The van der Waals surface area contributed by atoms with Gasteiger partial charge in [0.2, 0.25) is 0 Å². The molecule has 3 aromatic rings. The molecule has 0 spiro atoms. The van der Waals surface area contributed by atoms with Crippen LogP contribution in [0.3, 0.4) is 0 Å². The zero-order chi connectivity index (χ0) is 18.1. The Kier molecular flexibility index (Phi) is 4.76. The Morgan fingerprint density at radius 3 is 2.23 bits per heavy atom. The second kappa shape index (κ2) is 7.19. The fraction of sp³-hybridized carbons (Fsp3) is 0.250. The van der Waals surface area contributed by atoms with E-state index >= 15 is 0 Å². The third kappa shape index (κ3) is 3.25. The minimum absolute atomic E-state index is 0.107. The molecule has 1 aliphatic heterocycles. The Morgan fingerprint density at radius 2 is 1.54 bits per heavy atom. The van der Waals surface area contributed by atoms with Gasteiger partial charge in [-0.15, -0.1) is 0 Å². The van der Waals surface area contributed by atoms with Gasteiger partial charge in [0, 0.05) is 29.7 Å². The highest BCUT2D eigenvalue weighted by molar-refractivity contribution is 14.1. The second-order valence-electron chi connectivity index (χ2n) is 6.38. The number of anilines is 1. The van der Waals surface area contributed by atoms with E-state index in [-0.39, 0.29) is 5.91 Å². The molecule has 0 saturated carbocycles. The van der Waals surface area contributed by atoms with Crippen LogP contribution in [0.15, 0.2) is 48.5 Å². The van der Waals surface area contributed by atoms with Crippen molar-refractivity contribution in [3.8, 4) is 0 Å². The number of piperazine rings is 1. The van der Waals surface area contributed by atoms with Gasteiger partial charge in [-0.25, -0.2) is 9.97 Å². The lowest BCUT2D eigenvalue weighted by Crippen LogP contribution is -2.49. The first-order valence-electron chi connectivity index (χ1n) is 8.65. The number of hydrogen-bond acceptors (Lipinski definition) is 4. The SMILES string of the molecule is Cc1nc2ccccc2nc1N1CCN(C(=O)c2ccccc2I)CC1. The lowest BCUT2D eigenvalue weighted by atomic mass is 10.2. The van der Waals surface area contributed by atoms with Crippen molar-refractivity contribution in [1.82, 2.24) is 14.9 Å². The van der Waals surface area contributed by atoms with Crippen LogP contribution in [0.25, 0.3) is 11.0 Å². The highest BCUT2D eigenvalue weighted by atomic mass is 127. The summed E-state index contributed by atoms with van der Waals surface area (Å²) in [7, 11) is 0. The number of fused-ring (bicyclic) bond motifs is 1. The number of carbonyl (C=O) groups is 1. The van der Waals surface area contributed by atoms with Crippen molar-refractivity contribution in [3.63, 3.8) is 0 Å². The largest absolute Gasteiger partial charge is 0.352 e. The molecule has 1 fully saturated rings. The maximum Gasteiger partial charge on any atom is 0.255 e. The molecule has 2 aromatic carbocycles. The first-order valence-corrected chi connectivity index (χ1v) is 9.73. The third-order valence-corrected chi connectivity index (χ3v) is 5.63. The van der Waals surface area contributed by atoms with Gasteiger partial charge in [-0.05, 0) is 53.8 Å². The summed E-state index contributed by atoms with van der Waals surface area (Å²) in [5, 5.41) is 0. The zero-order valence-electron chi connectivity index (χ0n) is 14.5. The van der Waals surface area contributed by atoms with Crippen LogP contribution in [0.5, 0.6) is 0 Å². The van der Waals surface area contributed by atoms with E-state index in [1.807, 2.05) is 60.4 Å². The van der Waals surface area contributed by atoms with Crippen LogP contribution in [-0.2, 0) is 0 Å². The van der Waals surface area contributed by atoms with E-state index in [2.05, 4.69) is 32.5 Å². The van der Waals surface area contributed by atoms with Gasteiger partial charge in [-0.2, -0.15) is 0 Å². The van der Waals surface area contributed by atoms with Crippen molar-refractivity contribution in [2.24, 2.45) is 0 Å². The minimum atomic E-state index is 0.107. The van der Waals surface area contributed by atoms with Crippen LogP contribution < -0.4 is 4.90 Å². The molecule has 1 aromatic heterocycles. The molecule has 0 N–H and O–H groups in total. The molecule has 1 saturated heterocycles. The fourth-order valence-electron chi connectivity index (χ4n) is 3.30. The molecule has 4 rings (SSSR count). The maximum atomic E-state index is 12.8. The summed E-state index contributed by atoms with van der Waals surface area (Å²) < 4.78 is 0.994. The molecular weight excluding hydrogens is 439 g/mol. The van der Waals surface area contributed by atoms with Gasteiger partial charge in [0.15, 0.2) is 5.82 Å². The second-order valence-corrected chi connectivity index (χ2v) is 7.54. The Bertz CT molecular complexity index is 967. The molecule has 132 valence electrons. The summed E-state index contributed by atoms with van der Waals surface area (Å²) in [4.78, 5) is 26.4. The van der Waals surface area contributed by atoms with Crippen LogP contribution in [-0.4, -0.2) is 47.0 Å². The van der Waals surface area contributed by atoms with Crippen molar-refractivity contribution in [2.75, 3.05) is 31.1 Å². The normalized spacial score (nSPS) is 14.7. The highest BCUT2D eigenvalue weighted by Gasteiger charge is 2.25. The Morgan fingerprint density at radius 1 is 0.923 bits per heavy atom. The van der Waals surface area contributed by atoms with Crippen molar-refractivity contribution in [1.29, 1.82) is 0 Å². The molecule has 0 radical (unpaired) electrons. The Labute approximate surface area is 166 Å². The van der Waals surface area contributed by atoms with Gasteiger partial charge in [0.1, 0.15) is 0 Å². The van der Waals surface area contributed by atoms with Crippen molar-refractivity contribution >= 4 is 45.3 Å². The van der Waals surface area contributed by atoms with E-state index in [0.29, 0.717) is 13.1 Å². The van der Waals surface area contributed by atoms with Crippen LogP contribution in [0.1, 0.15) is 16.1 Å². The minimum Gasteiger partial charge on any atom is -0.352 e. The highest BCUT2D eigenvalue weighted by Crippen LogP contribution is 2.22. The predicted octanol–water partition coefficient (Wildman–Crippen LogP) is 3.51. The summed E-state index contributed by atoms with van der Waals surface area (Å²) in [5.41, 5.74) is 3.54. The number of benzene rings is 2. The topological polar surface area (TPSA) is 49.3 Å². The van der Waals surface area contributed by atoms with E-state index in [9.17, 15) is 4.79 Å². The van der Waals surface area contributed by atoms with E-state index < -0.39 is 0 Å². The van der Waals surface area contributed by atoms with Gasteiger partial charge < -0.3 is 9.80 Å². The molecule has 6 heteroatoms. The molecule has 1 amide bonds. The molecule has 2 heterocycles. The summed E-state index contributed by atoms with van der Waals surface area (Å²) in [6.07, 6.45) is 0. The van der Waals surface area contributed by atoms with Crippen molar-refractivity contribution in [2.45, 2.75) is 6.92 Å². The van der Waals surface area contributed by atoms with E-state index in [0.717, 1.165) is 44.8 Å². The number of aromatic nitrogens is 2. The lowest BCUT2D eigenvalue weighted by Gasteiger charge is -2.36. The van der Waals surface area contributed by atoms with E-state index in [4.69, 9.17) is 4.98 Å². The number of hydrogen-bond donors (Lipinski definition) is 0. The molecule has 0 atom stereocenters. The summed E-state index contributed by atoms with van der Waals surface area (Å²) >= 11 is 2.22. The first kappa shape index (κ1) is 17.2. The number of nitrogens with zero attached hydrogens (tertiary/aromatic N) is 4. The van der Waals surface area contributed by atoms with Gasteiger partial charge in [-0.3, -0.25) is 4.79 Å². The monoisotopic (exact) mass is 458 g/mol. The van der Waals surface area contributed by atoms with Crippen LogP contribution in [0, 0.1) is 10.5 Å². The molecule has 1 aliphatic rings. The predicted molar refractivity (Wildman–Crippen MR) is 112 cm³/mol. The quantitative estimate of drug-likeness (QED) is 0.552. The Balaban J connectivity index is 1.51. The first-order chi connectivity index (χ1) is 12.6. The summed E-state index contributed by atoms with van der Waals surface area (Å²) in [5.74, 6) is 1.03. The average molecular weight is 458 g/mol. The maximum absolute atomic E-state index is 12.8. The third-order valence-electron chi connectivity index (χ3n) is 4.69. The summed E-state index contributed by atoms with van der Waals surface area (Å²) in [6, 6.07) is 15.7. The molecule has 0 unspecified atom stereocenters. The van der Waals surface area contributed by atoms with Gasteiger partial charge in [0.25, 0.3) is 5.91 Å². The van der Waals surface area contributed by atoms with E-state index in [1.165, 1.54) is 0 Å². The van der Waals surface area contributed by atoms with Gasteiger partial charge in [0.05, 0.1) is 22.3 Å². The van der Waals surface area contributed by atoms with Crippen LogP contribution in [0.2, 0.25) is 0 Å². The van der Waals surface area contributed by atoms with Gasteiger partial charge in [-0.1, -0.05) is 24.3 Å². The lowest BCUT2D eigenvalue weighted by molar-refractivity contribution is 0.0745. The smallest absolute Gasteiger partial charge is 0.255 e. The summed E-state index contributed by atoms with van der Waals surface area (Å²) in [6.45, 7) is 4.92. The molecular formula is C20H19IN4O. The number of para-hydroxylation sites is 2. The molecule has 0 aliphatic carbocycles. The average Bonchev–Trinajstić information content (AvgIpc) is 2.67.